The zero-order chi connectivity index (χ0) is 17.6. The fourth-order valence-electron chi connectivity index (χ4n) is 3.92. The van der Waals surface area contributed by atoms with Gasteiger partial charge in [0.1, 0.15) is 5.75 Å². The molecule has 2 aliphatic rings. The van der Waals surface area contributed by atoms with Crippen molar-refractivity contribution >= 4 is 11.8 Å². The number of ether oxygens (including phenoxy) is 1. The van der Waals surface area contributed by atoms with Crippen LogP contribution in [0.1, 0.15) is 44.1 Å². The molecule has 1 aliphatic carbocycles. The highest BCUT2D eigenvalue weighted by Crippen LogP contribution is 2.27. The van der Waals surface area contributed by atoms with Crippen molar-refractivity contribution in [2.45, 2.75) is 51.0 Å². The van der Waals surface area contributed by atoms with Gasteiger partial charge in [0.2, 0.25) is 11.8 Å². The van der Waals surface area contributed by atoms with Crippen LogP contribution in [-0.2, 0) is 16.0 Å². The van der Waals surface area contributed by atoms with Gasteiger partial charge in [-0.25, -0.2) is 0 Å². The molecule has 2 fully saturated rings. The van der Waals surface area contributed by atoms with Gasteiger partial charge < -0.3 is 15.0 Å². The molecule has 3 rings (SSSR count). The number of carbonyl (C=O) groups excluding carboxylic acids is 2. The summed E-state index contributed by atoms with van der Waals surface area (Å²) in [6.07, 6.45) is 6.54. The van der Waals surface area contributed by atoms with Crippen molar-refractivity contribution in [2.75, 3.05) is 20.2 Å². The Morgan fingerprint density at radius 1 is 1.16 bits per heavy atom. The van der Waals surface area contributed by atoms with Crippen molar-refractivity contribution in [3.8, 4) is 5.75 Å². The highest BCUT2D eigenvalue weighted by molar-refractivity contribution is 5.80. The Labute approximate surface area is 149 Å². The molecule has 0 atom stereocenters. The summed E-state index contributed by atoms with van der Waals surface area (Å²) in [4.78, 5) is 26.7. The molecule has 25 heavy (non-hydrogen) atoms. The summed E-state index contributed by atoms with van der Waals surface area (Å²) in [5.41, 5.74) is 0.950. The van der Waals surface area contributed by atoms with Crippen molar-refractivity contribution < 1.29 is 14.3 Å². The van der Waals surface area contributed by atoms with Gasteiger partial charge in [-0.15, -0.1) is 0 Å². The lowest BCUT2D eigenvalue weighted by Gasteiger charge is -2.34. The average molecular weight is 344 g/mol. The molecule has 0 bridgehead atoms. The SMILES string of the molecule is COc1cccc(CC(=O)NC2CCN(C(=O)C3CCCC3)CC2)c1. The van der Waals surface area contributed by atoms with E-state index in [9.17, 15) is 9.59 Å². The van der Waals surface area contributed by atoms with Crippen LogP contribution in [0.5, 0.6) is 5.75 Å². The minimum absolute atomic E-state index is 0.0359. The van der Waals surface area contributed by atoms with E-state index in [0.717, 1.165) is 50.1 Å². The number of methoxy groups -OCH3 is 1. The van der Waals surface area contributed by atoms with Crippen LogP contribution >= 0.6 is 0 Å². The first kappa shape index (κ1) is 17.8. The lowest BCUT2D eigenvalue weighted by molar-refractivity contribution is -0.136. The van der Waals surface area contributed by atoms with Gasteiger partial charge >= 0.3 is 0 Å². The monoisotopic (exact) mass is 344 g/mol. The predicted octanol–water partition coefficient (Wildman–Crippen LogP) is 2.54. The maximum atomic E-state index is 12.5. The first-order chi connectivity index (χ1) is 12.2. The van der Waals surface area contributed by atoms with Crippen LogP contribution < -0.4 is 10.1 Å². The molecule has 1 aliphatic heterocycles. The van der Waals surface area contributed by atoms with Gasteiger partial charge in [-0.05, 0) is 43.4 Å². The fourth-order valence-corrected chi connectivity index (χ4v) is 3.92. The molecule has 5 heteroatoms. The van der Waals surface area contributed by atoms with Crippen molar-refractivity contribution in [1.82, 2.24) is 10.2 Å². The van der Waals surface area contributed by atoms with E-state index < -0.39 is 0 Å². The Hall–Kier alpha value is -2.04. The van der Waals surface area contributed by atoms with Crippen molar-refractivity contribution in [3.63, 3.8) is 0 Å². The first-order valence-corrected chi connectivity index (χ1v) is 9.37. The molecule has 0 spiro atoms. The van der Waals surface area contributed by atoms with Crippen LogP contribution in [0.2, 0.25) is 0 Å². The quantitative estimate of drug-likeness (QED) is 0.893. The zero-order valence-electron chi connectivity index (χ0n) is 15.0. The lowest BCUT2D eigenvalue weighted by Crippen LogP contribution is -2.48. The molecule has 1 saturated carbocycles. The largest absolute Gasteiger partial charge is 0.497 e. The van der Waals surface area contributed by atoms with E-state index in [1.807, 2.05) is 29.2 Å². The topological polar surface area (TPSA) is 58.6 Å². The number of rotatable bonds is 5. The van der Waals surface area contributed by atoms with E-state index in [4.69, 9.17) is 4.74 Å². The molecular formula is C20H28N2O3. The molecular weight excluding hydrogens is 316 g/mol. The molecule has 1 aromatic rings. The molecule has 2 amide bonds. The summed E-state index contributed by atoms with van der Waals surface area (Å²) in [6, 6.07) is 7.77. The van der Waals surface area contributed by atoms with E-state index in [2.05, 4.69) is 5.32 Å². The number of nitrogens with one attached hydrogen (secondary N) is 1. The van der Waals surface area contributed by atoms with Gasteiger partial charge in [0.25, 0.3) is 0 Å². The number of amides is 2. The Balaban J connectivity index is 1.43. The van der Waals surface area contributed by atoms with Crippen LogP contribution in [0.4, 0.5) is 0 Å². The van der Waals surface area contributed by atoms with Gasteiger partial charge in [0, 0.05) is 25.0 Å². The Morgan fingerprint density at radius 2 is 1.88 bits per heavy atom. The van der Waals surface area contributed by atoms with E-state index >= 15 is 0 Å². The van der Waals surface area contributed by atoms with Crippen molar-refractivity contribution in [3.05, 3.63) is 29.8 Å². The Morgan fingerprint density at radius 3 is 2.56 bits per heavy atom. The normalized spacial score (nSPS) is 19.0. The first-order valence-electron chi connectivity index (χ1n) is 9.37. The summed E-state index contributed by atoms with van der Waals surface area (Å²) in [5, 5.41) is 3.12. The second-order valence-electron chi connectivity index (χ2n) is 7.18. The molecule has 1 aromatic carbocycles. The van der Waals surface area contributed by atoms with E-state index in [-0.39, 0.29) is 17.9 Å². The molecule has 0 radical (unpaired) electrons. The highest BCUT2D eigenvalue weighted by atomic mass is 16.5. The van der Waals surface area contributed by atoms with E-state index in [1.54, 1.807) is 7.11 Å². The lowest BCUT2D eigenvalue weighted by atomic mass is 10.0. The van der Waals surface area contributed by atoms with Gasteiger partial charge in [0.15, 0.2) is 0 Å². The summed E-state index contributed by atoms with van der Waals surface area (Å²) in [6.45, 7) is 1.53. The average Bonchev–Trinajstić information content (AvgIpc) is 3.16. The number of nitrogens with zero attached hydrogens (tertiary/aromatic N) is 1. The third-order valence-corrected chi connectivity index (χ3v) is 5.37. The number of piperidine rings is 1. The van der Waals surface area contributed by atoms with Crippen LogP contribution in [0, 0.1) is 5.92 Å². The standard InChI is InChI=1S/C20H28N2O3/c1-25-18-8-4-5-15(13-18)14-19(23)21-17-9-11-22(12-10-17)20(24)16-6-2-3-7-16/h4-5,8,13,16-17H,2-3,6-7,9-12,14H2,1H3,(H,21,23). The maximum absolute atomic E-state index is 12.5. The number of benzene rings is 1. The van der Waals surface area contributed by atoms with Crippen LogP contribution in [0.15, 0.2) is 24.3 Å². The summed E-state index contributed by atoms with van der Waals surface area (Å²) in [7, 11) is 1.62. The van der Waals surface area contributed by atoms with Crippen molar-refractivity contribution in [1.29, 1.82) is 0 Å². The molecule has 1 heterocycles. The molecule has 1 N–H and O–H groups in total. The zero-order valence-corrected chi connectivity index (χ0v) is 15.0. The third kappa shape index (κ3) is 4.74. The van der Waals surface area contributed by atoms with E-state index in [0.29, 0.717) is 12.3 Å². The molecule has 1 saturated heterocycles. The van der Waals surface area contributed by atoms with E-state index in [1.165, 1.54) is 12.8 Å². The summed E-state index contributed by atoms with van der Waals surface area (Å²) < 4.78 is 5.19. The second-order valence-corrected chi connectivity index (χ2v) is 7.18. The van der Waals surface area contributed by atoms with Gasteiger partial charge in [-0.2, -0.15) is 0 Å². The predicted molar refractivity (Wildman–Crippen MR) is 96.4 cm³/mol. The number of hydrogen-bond donors (Lipinski definition) is 1. The Bertz CT molecular complexity index is 603. The van der Waals surface area contributed by atoms with Crippen LogP contribution in [0.25, 0.3) is 0 Å². The molecule has 0 unspecified atom stereocenters. The second kappa shape index (κ2) is 8.37. The summed E-state index contributed by atoms with van der Waals surface area (Å²) in [5.74, 6) is 1.38. The highest BCUT2D eigenvalue weighted by Gasteiger charge is 2.30. The third-order valence-electron chi connectivity index (χ3n) is 5.37. The molecule has 0 aromatic heterocycles. The van der Waals surface area contributed by atoms with Crippen molar-refractivity contribution in [2.24, 2.45) is 5.92 Å². The fraction of sp³-hybridized carbons (Fsp3) is 0.600. The van der Waals surface area contributed by atoms with Gasteiger partial charge in [0.05, 0.1) is 13.5 Å². The molecule has 5 nitrogen and oxygen atoms in total. The van der Waals surface area contributed by atoms with Gasteiger partial charge in [-0.1, -0.05) is 25.0 Å². The maximum Gasteiger partial charge on any atom is 0.225 e. The number of likely N-dealkylation sites (tertiary alicyclic amines) is 1. The van der Waals surface area contributed by atoms with Crippen LogP contribution in [-0.4, -0.2) is 43.0 Å². The van der Waals surface area contributed by atoms with Crippen LogP contribution in [0.3, 0.4) is 0 Å². The Kier molecular flexibility index (Phi) is 5.95. The minimum Gasteiger partial charge on any atom is -0.497 e. The number of hydrogen-bond acceptors (Lipinski definition) is 3. The number of carbonyl (C=O) groups is 2. The van der Waals surface area contributed by atoms with Gasteiger partial charge in [-0.3, -0.25) is 9.59 Å². The minimum atomic E-state index is 0.0359. The summed E-state index contributed by atoms with van der Waals surface area (Å²) >= 11 is 0. The molecule has 136 valence electrons. The smallest absolute Gasteiger partial charge is 0.225 e.